The topological polar surface area (TPSA) is 90.8 Å². The van der Waals surface area contributed by atoms with Crippen molar-refractivity contribution in [3.05, 3.63) is 59.9 Å². The molecule has 0 atom stereocenters. The molecule has 2 aromatic rings. The third-order valence-corrected chi connectivity index (χ3v) is 3.88. The Balaban J connectivity index is 1.77. The number of carbonyl (C=O) groups is 2. The Morgan fingerprint density at radius 2 is 1.92 bits per heavy atom. The number of hydrazone groups is 1. The number of ether oxygens (including phenoxy) is 1. The largest absolute Gasteiger partial charge is 0.546 e. The van der Waals surface area contributed by atoms with E-state index in [4.69, 9.17) is 4.74 Å². The lowest BCUT2D eigenvalue weighted by Gasteiger charge is -2.06. The predicted molar refractivity (Wildman–Crippen MR) is 89.8 cm³/mol. The van der Waals surface area contributed by atoms with Gasteiger partial charge in [0.25, 0.3) is 0 Å². The van der Waals surface area contributed by atoms with Crippen LogP contribution in [0.4, 0.5) is 4.39 Å². The molecule has 1 amide bonds. The number of benzene rings is 2. The number of thioether (sulfide) groups is 1. The molecule has 25 heavy (non-hydrogen) atoms. The average molecular weight is 361 g/mol. The van der Waals surface area contributed by atoms with E-state index in [1.165, 1.54) is 12.3 Å². The first-order chi connectivity index (χ1) is 12.0. The second-order valence-electron chi connectivity index (χ2n) is 4.74. The van der Waals surface area contributed by atoms with Gasteiger partial charge >= 0.3 is 0 Å². The molecule has 0 fully saturated rings. The Morgan fingerprint density at radius 1 is 1.20 bits per heavy atom. The summed E-state index contributed by atoms with van der Waals surface area (Å²) in [6.07, 6.45) is 1.42. The van der Waals surface area contributed by atoms with Crippen LogP contribution >= 0.6 is 11.8 Å². The monoisotopic (exact) mass is 361 g/mol. The Labute approximate surface area is 147 Å². The van der Waals surface area contributed by atoms with Crippen molar-refractivity contribution < 1.29 is 23.8 Å². The maximum absolute atomic E-state index is 13.4. The quantitative estimate of drug-likeness (QED) is 0.433. The average Bonchev–Trinajstić information content (AvgIpc) is 2.60. The molecule has 0 saturated carbocycles. The van der Waals surface area contributed by atoms with Crippen molar-refractivity contribution in [3.63, 3.8) is 0 Å². The first kappa shape index (κ1) is 18.5. The summed E-state index contributed by atoms with van der Waals surface area (Å²) in [6, 6.07) is 12.6. The van der Waals surface area contributed by atoms with Gasteiger partial charge in [0.05, 0.1) is 17.9 Å². The Hall–Kier alpha value is -2.87. The summed E-state index contributed by atoms with van der Waals surface area (Å²) >= 11 is 1.08. The molecule has 0 aromatic heterocycles. The standard InChI is InChI=1S/C17H15FN2O4S/c18-14-3-1-2-4-15(14)25-11-16(21)20-19-9-12-5-7-13(8-6-12)24-10-17(22)23/h1-9H,10-11H2,(H,20,21)(H,22,23)/p-1/b19-9-. The summed E-state index contributed by atoms with van der Waals surface area (Å²) in [5.41, 5.74) is 3.03. The number of nitrogens with zero attached hydrogens (tertiary/aromatic N) is 1. The number of rotatable bonds is 8. The van der Waals surface area contributed by atoms with E-state index in [2.05, 4.69) is 10.5 Å². The number of carbonyl (C=O) groups excluding carboxylic acids is 2. The molecular weight excluding hydrogens is 347 g/mol. The summed E-state index contributed by atoms with van der Waals surface area (Å²) in [5.74, 6) is -1.62. The fourth-order valence-corrected chi connectivity index (χ4v) is 2.44. The van der Waals surface area contributed by atoms with Crippen molar-refractivity contribution in [2.24, 2.45) is 5.10 Å². The van der Waals surface area contributed by atoms with Crippen LogP contribution in [0.15, 0.2) is 58.5 Å². The van der Waals surface area contributed by atoms with Crippen molar-refractivity contribution in [3.8, 4) is 5.75 Å². The number of halogens is 1. The van der Waals surface area contributed by atoms with Crippen LogP contribution in [0.2, 0.25) is 0 Å². The minimum absolute atomic E-state index is 0.0360. The first-order valence-electron chi connectivity index (χ1n) is 7.16. The fourth-order valence-electron chi connectivity index (χ4n) is 1.71. The van der Waals surface area contributed by atoms with E-state index < -0.39 is 12.6 Å². The van der Waals surface area contributed by atoms with Gasteiger partial charge < -0.3 is 14.6 Å². The molecule has 0 unspecified atom stereocenters. The molecule has 8 heteroatoms. The number of aliphatic carboxylic acids is 1. The second-order valence-corrected chi connectivity index (χ2v) is 5.76. The van der Waals surface area contributed by atoms with Gasteiger partial charge in [-0.15, -0.1) is 11.8 Å². The van der Waals surface area contributed by atoms with Crippen molar-refractivity contribution in [1.82, 2.24) is 5.43 Å². The molecule has 2 rings (SSSR count). The van der Waals surface area contributed by atoms with E-state index in [1.54, 1.807) is 42.5 Å². The van der Waals surface area contributed by atoms with Crippen molar-refractivity contribution in [1.29, 1.82) is 0 Å². The highest BCUT2D eigenvalue weighted by molar-refractivity contribution is 8.00. The van der Waals surface area contributed by atoms with Crippen molar-refractivity contribution in [2.45, 2.75) is 4.90 Å². The van der Waals surface area contributed by atoms with Crippen LogP contribution in [0.25, 0.3) is 0 Å². The van der Waals surface area contributed by atoms with Gasteiger partial charge in [-0.1, -0.05) is 12.1 Å². The van der Waals surface area contributed by atoms with Crippen LogP contribution in [0.3, 0.4) is 0 Å². The molecule has 0 radical (unpaired) electrons. The minimum atomic E-state index is -1.30. The molecule has 0 aliphatic carbocycles. The minimum Gasteiger partial charge on any atom is -0.546 e. The van der Waals surface area contributed by atoms with E-state index in [0.29, 0.717) is 16.2 Å². The lowest BCUT2D eigenvalue weighted by atomic mass is 10.2. The number of hydrogen-bond donors (Lipinski definition) is 1. The third-order valence-electron chi connectivity index (χ3n) is 2.84. The zero-order valence-corrected chi connectivity index (χ0v) is 13.8. The summed E-state index contributed by atoms with van der Waals surface area (Å²) in [6.45, 7) is -0.525. The van der Waals surface area contributed by atoms with E-state index in [9.17, 15) is 19.1 Å². The van der Waals surface area contributed by atoms with E-state index in [-0.39, 0.29) is 17.5 Å². The van der Waals surface area contributed by atoms with Gasteiger partial charge in [-0.3, -0.25) is 4.79 Å². The zero-order chi connectivity index (χ0) is 18.1. The number of amides is 1. The van der Waals surface area contributed by atoms with Crippen LogP contribution in [-0.4, -0.2) is 30.5 Å². The molecule has 0 spiro atoms. The SMILES string of the molecule is O=C([O-])COc1ccc(/C=N\NC(=O)CSc2ccccc2F)cc1. The highest BCUT2D eigenvalue weighted by Gasteiger charge is 2.05. The zero-order valence-electron chi connectivity index (χ0n) is 13.0. The molecule has 130 valence electrons. The molecule has 0 saturated heterocycles. The van der Waals surface area contributed by atoms with E-state index in [0.717, 1.165) is 11.8 Å². The van der Waals surface area contributed by atoms with Gasteiger partial charge in [0.1, 0.15) is 18.2 Å². The molecule has 0 aliphatic heterocycles. The van der Waals surface area contributed by atoms with Crippen LogP contribution in [0.1, 0.15) is 5.56 Å². The molecule has 1 N–H and O–H groups in total. The van der Waals surface area contributed by atoms with Crippen LogP contribution in [-0.2, 0) is 9.59 Å². The number of nitrogens with one attached hydrogen (secondary N) is 1. The van der Waals surface area contributed by atoms with Gasteiger partial charge in [0.15, 0.2) is 0 Å². The number of hydrogen-bond acceptors (Lipinski definition) is 6. The van der Waals surface area contributed by atoms with E-state index in [1.807, 2.05) is 0 Å². The summed E-state index contributed by atoms with van der Waals surface area (Å²) in [7, 11) is 0. The summed E-state index contributed by atoms with van der Waals surface area (Å²) < 4.78 is 18.4. The van der Waals surface area contributed by atoms with Crippen LogP contribution in [0.5, 0.6) is 5.75 Å². The van der Waals surface area contributed by atoms with Crippen LogP contribution < -0.4 is 15.3 Å². The molecule has 2 aromatic carbocycles. The second kappa shape index (κ2) is 9.43. The first-order valence-corrected chi connectivity index (χ1v) is 8.15. The normalized spacial score (nSPS) is 10.6. The van der Waals surface area contributed by atoms with Gasteiger partial charge in [0, 0.05) is 4.90 Å². The summed E-state index contributed by atoms with van der Waals surface area (Å²) in [4.78, 5) is 22.4. The molecular formula is C17H14FN2O4S-. The van der Waals surface area contributed by atoms with E-state index >= 15 is 0 Å². The molecule has 6 nitrogen and oxygen atoms in total. The Bertz CT molecular complexity index is 765. The van der Waals surface area contributed by atoms with Gasteiger partial charge in [-0.25, -0.2) is 9.82 Å². The maximum Gasteiger partial charge on any atom is 0.250 e. The highest BCUT2D eigenvalue weighted by Crippen LogP contribution is 2.20. The molecule has 0 aliphatic rings. The van der Waals surface area contributed by atoms with Crippen molar-refractivity contribution in [2.75, 3.05) is 12.4 Å². The highest BCUT2D eigenvalue weighted by atomic mass is 32.2. The maximum atomic E-state index is 13.4. The lowest BCUT2D eigenvalue weighted by Crippen LogP contribution is -2.28. The van der Waals surface area contributed by atoms with Gasteiger partial charge in [-0.05, 0) is 42.0 Å². The third kappa shape index (κ3) is 6.64. The predicted octanol–water partition coefficient (Wildman–Crippen LogP) is 1.20. The summed E-state index contributed by atoms with van der Waals surface area (Å²) in [5, 5.41) is 14.1. The Morgan fingerprint density at radius 3 is 2.60 bits per heavy atom. The van der Waals surface area contributed by atoms with Gasteiger partial charge in [-0.2, -0.15) is 5.10 Å². The number of carboxylic acid groups (broad SMARTS) is 1. The molecule has 0 bridgehead atoms. The smallest absolute Gasteiger partial charge is 0.250 e. The molecule has 0 heterocycles. The van der Waals surface area contributed by atoms with Crippen LogP contribution in [0, 0.1) is 5.82 Å². The number of carboxylic acids is 1. The Kier molecular flexibility index (Phi) is 6.97. The lowest BCUT2D eigenvalue weighted by molar-refractivity contribution is -0.307. The van der Waals surface area contributed by atoms with Gasteiger partial charge in [0.2, 0.25) is 5.91 Å². The van der Waals surface area contributed by atoms with Crippen molar-refractivity contribution >= 4 is 29.9 Å². The fraction of sp³-hybridized carbons (Fsp3) is 0.118.